The fourth-order valence-corrected chi connectivity index (χ4v) is 4.64. The smallest absolute Gasteiger partial charge is 0.330 e. The van der Waals surface area contributed by atoms with Crippen molar-refractivity contribution in [3.05, 3.63) is 60.1 Å². The summed E-state index contributed by atoms with van der Waals surface area (Å²) < 4.78 is 10.7. The molecule has 1 aliphatic rings. The summed E-state index contributed by atoms with van der Waals surface area (Å²) in [6, 6.07) is 12.4. The molecule has 1 aromatic carbocycles. The van der Waals surface area contributed by atoms with Crippen molar-refractivity contribution in [2.75, 3.05) is 18.9 Å². The minimum Gasteiger partial charge on any atom is -0.466 e. The molecule has 2 atom stereocenters. The molecule has 0 N–H and O–H groups in total. The first-order chi connectivity index (χ1) is 14.0. The lowest BCUT2D eigenvalue weighted by Crippen LogP contribution is -2.44. The third-order valence-electron chi connectivity index (χ3n) is 4.71. The third-order valence-corrected chi connectivity index (χ3v) is 5.99. The first-order valence-electron chi connectivity index (χ1n) is 9.43. The number of esters is 1. The molecule has 0 bridgehead atoms. The lowest BCUT2D eigenvalue weighted by atomic mass is 10.2. The Labute approximate surface area is 174 Å². The number of nitrogens with zero attached hydrogens (tertiary/aromatic N) is 2. The van der Waals surface area contributed by atoms with Gasteiger partial charge in [0.15, 0.2) is 6.61 Å². The molecule has 0 radical (unpaired) electrons. The van der Waals surface area contributed by atoms with Crippen LogP contribution in [0.4, 0.5) is 0 Å². The summed E-state index contributed by atoms with van der Waals surface area (Å²) >= 11 is 1.43. The fraction of sp³-hybridized carbons (Fsp3) is 0.381. The van der Waals surface area contributed by atoms with Gasteiger partial charge in [0.25, 0.3) is 5.91 Å². The van der Waals surface area contributed by atoms with Crippen molar-refractivity contribution in [2.45, 2.75) is 31.8 Å². The Kier molecular flexibility index (Phi) is 6.98. The van der Waals surface area contributed by atoms with E-state index in [0.717, 1.165) is 5.56 Å². The monoisotopic (exact) mass is 416 g/mol. The number of hydrogen-bond donors (Lipinski definition) is 0. The molecule has 3 rings (SSSR count). The summed E-state index contributed by atoms with van der Waals surface area (Å²) in [6.45, 7) is 3.89. The first-order valence-corrected chi connectivity index (χ1v) is 10.5. The van der Waals surface area contributed by atoms with Crippen LogP contribution in [0.15, 0.2) is 53.1 Å². The number of carbonyl (C=O) groups is 3. The van der Waals surface area contributed by atoms with Crippen LogP contribution >= 0.6 is 11.8 Å². The van der Waals surface area contributed by atoms with Crippen molar-refractivity contribution in [3.8, 4) is 0 Å². The highest BCUT2D eigenvalue weighted by Gasteiger charge is 2.43. The minimum absolute atomic E-state index is 0.246. The second kappa shape index (κ2) is 9.65. The molecular weight excluding hydrogens is 392 g/mol. The van der Waals surface area contributed by atoms with Crippen molar-refractivity contribution in [1.82, 2.24) is 9.80 Å². The number of rotatable bonds is 7. The molecule has 0 spiro atoms. The predicted octanol–water partition coefficient (Wildman–Crippen LogP) is 2.83. The molecule has 2 heterocycles. The number of ether oxygens (including phenoxy) is 1. The lowest BCUT2D eigenvalue weighted by Gasteiger charge is -2.26. The van der Waals surface area contributed by atoms with E-state index in [1.165, 1.54) is 29.8 Å². The van der Waals surface area contributed by atoms with E-state index in [0.29, 0.717) is 24.6 Å². The molecule has 154 valence electrons. The van der Waals surface area contributed by atoms with Crippen LogP contribution in [0.5, 0.6) is 0 Å². The number of amides is 2. The van der Waals surface area contributed by atoms with E-state index >= 15 is 0 Å². The van der Waals surface area contributed by atoms with E-state index in [1.807, 2.05) is 37.3 Å². The summed E-state index contributed by atoms with van der Waals surface area (Å²) in [6.07, 6.45) is 1.53. The fourth-order valence-electron chi connectivity index (χ4n) is 3.22. The largest absolute Gasteiger partial charge is 0.466 e. The third kappa shape index (κ3) is 5.00. The van der Waals surface area contributed by atoms with Crippen LogP contribution in [0.25, 0.3) is 0 Å². The number of thioether (sulfide) groups is 1. The standard InChI is InChI=1S/C21H24N2O5S/c1-3-22(12-16-8-5-4-6-9-16)19(25)13-28-21(26)17-14-29-20(23(17)15(2)24)18-10-7-11-27-18/h4-11,17,20H,3,12-14H2,1-2H3/t17-,20-/m0/s1. The van der Waals surface area contributed by atoms with E-state index < -0.39 is 12.0 Å². The molecule has 8 heteroatoms. The highest BCUT2D eigenvalue weighted by molar-refractivity contribution is 7.99. The normalized spacial score (nSPS) is 18.5. The molecule has 0 unspecified atom stereocenters. The van der Waals surface area contributed by atoms with Crippen LogP contribution in [-0.2, 0) is 25.7 Å². The van der Waals surface area contributed by atoms with Gasteiger partial charge >= 0.3 is 5.97 Å². The van der Waals surface area contributed by atoms with Gasteiger partial charge in [0.2, 0.25) is 5.91 Å². The van der Waals surface area contributed by atoms with Crippen molar-refractivity contribution in [1.29, 1.82) is 0 Å². The Balaban J connectivity index is 1.59. The Hall–Kier alpha value is -2.74. The summed E-state index contributed by atoms with van der Waals surface area (Å²) in [7, 11) is 0. The maximum atomic E-state index is 12.6. The maximum Gasteiger partial charge on any atom is 0.330 e. The number of furan rings is 1. The number of hydrogen-bond acceptors (Lipinski definition) is 6. The van der Waals surface area contributed by atoms with Gasteiger partial charge in [0, 0.05) is 25.8 Å². The zero-order valence-corrected chi connectivity index (χ0v) is 17.3. The van der Waals surface area contributed by atoms with Crippen molar-refractivity contribution >= 4 is 29.5 Å². The van der Waals surface area contributed by atoms with Gasteiger partial charge in [-0.25, -0.2) is 4.79 Å². The van der Waals surface area contributed by atoms with Crippen LogP contribution in [0.2, 0.25) is 0 Å². The average Bonchev–Trinajstić information content (AvgIpc) is 3.40. The summed E-state index contributed by atoms with van der Waals surface area (Å²) in [5, 5.41) is -0.374. The summed E-state index contributed by atoms with van der Waals surface area (Å²) in [4.78, 5) is 40.4. The van der Waals surface area contributed by atoms with E-state index in [9.17, 15) is 14.4 Å². The molecule has 0 saturated carbocycles. The zero-order chi connectivity index (χ0) is 20.8. The first kappa shape index (κ1) is 21.0. The molecular formula is C21H24N2O5S. The van der Waals surface area contributed by atoms with Gasteiger partial charge in [-0.2, -0.15) is 0 Å². The number of likely N-dealkylation sites (N-methyl/N-ethyl adjacent to an activating group) is 1. The van der Waals surface area contributed by atoms with Crippen LogP contribution in [0, 0.1) is 0 Å². The van der Waals surface area contributed by atoms with Crippen LogP contribution < -0.4 is 0 Å². The molecule has 2 amide bonds. The van der Waals surface area contributed by atoms with Gasteiger partial charge in [-0.15, -0.1) is 11.8 Å². The second-order valence-electron chi connectivity index (χ2n) is 6.64. The van der Waals surface area contributed by atoms with Gasteiger partial charge < -0.3 is 19.0 Å². The number of carbonyl (C=O) groups excluding carboxylic acids is 3. The van der Waals surface area contributed by atoms with Crippen LogP contribution in [0.1, 0.15) is 30.5 Å². The predicted molar refractivity (Wildman–Crippen MR) is 109 cm³/mol. The molecule has 29 heavy (non-hydrogen) atoms. The van der Waals surface area contributed by atoms with Crippen molar-refractivity contribution in [2.24, 2.45) is 0 Å². The second-order valence-corrected chi connectivity index (χ2v) is 7.76. The minimum atomic E-state index is -0.746. The Morgan fingerprint density at radius 1 is 1.21 bits per heavy atom. The Morgan fingerprint density at radius 2 is 1.97 bits per heavy atom. The summed E-state index contributed by atoms with van der Waals surface area (Å²) in [5.41, 5.74) is 1.00. The van der Waals surface area contributed by atoms with Gasteiger partial charge in [0.05, 0.1) is 6.26 Å². The van der Waals surface area contributed by atoms with Gasteiger partial charge in [-0.1, -0.05) is 30.3 Å². The molecule has 7 nitrogen and oxygen atoms in total. The molecule has 1 aliphatic heterocycles. The van der Waals surface area contributed by atoms with Gasteiger partial charge in [-0.3, -0.25) is 9.59 Å². The van der Waals surface area contributed by atoms with Crippen molar-refractivity contribution < 1.29 is 23.5 Å². The van der Waals surface area contributed by atoms with Crippen LogP contribution in [0.3, 0.4) is 0 Å². The quantitative estimate of drug-likeness (QED) is 0.646. The van der Waals surface area contributed by atoms with Gasteiger partial charge in [0.1, 0.15) is 17.2 Å². The molecule has 2 aromatic rings. The molecule has 1 saturated heterocycles. The lowest BCUT2D eigenvalue weighted by molar-refractivity contribution is -0.158. The van der Waals surface area contributed by atoms with Gasteiger partial charge in [-0.05, 0) is 24.6 Å². The topological polar surface area (TPSA) is 80.1 Å². The zero-order valence-electron chi connectivity index (χ0n) is 16.4. The number of benzene rings is 1. The van der Waals surface area contributed by atoms with E-state index in [4.69, 9.17) is 9.15 Å². The Morgan fingerprint density at radius 3 is 2.59 bits per heavy atom. The van der Waals surface area contributed by atoms with E-state index in [-0.39, 0.29) is 23.8 Å². The molecule has 1 fully saturated rings. The average molecular weight is 416 g/mol. The van der Waals surface area contributed by atoms with Crippen LogP contribution in [-0.4, -0.2) is 52.5 Å². The highest BCUT2D eigenvalue weighted by atomic mass is 32.2. The Bertz CT molecular complexity index is 840. The molecule has 0 aliphatic carbocycles. The maximum absolute atomic E-state index is 12.6. The van der Waals surface area contributed by atoms with E-state index in [2.05, 4.69) is 0 Å². The highest BCUT2D eigenvalue weighted by Crippen LogP contribution is 2.41. The molecule has 1 aromatic heterocycles. The summed E-state index contributed by atoms with van der Waals surface area (Å²) in [5.74, 6) is -0.0989. The van der Waals surface area contributed by atoms with Crippen molar-refractivity contribution in [3.63, 3.8) is 0 Å². The van der Waals surface area contributed by atoms with E-state index in [1.54, 1.807) is 17.0 Å². The SMILES string of the molecule is CCN(Cc1ccccc1)C(=O)COC(=O)[C@@H]1CS[C@@H](c2ccco2)N1C(C)=O.